The minimum atomic E-state index is -5.08. The van der Waals surface area contributed by atoms with Crippen LogP contribution in [-0.2, 0) is 11.3 Å². The lowest BCUT2D eigenvalue weighted by Gasteiger charge is -2.48. The molecule has 4 rings (SSSR count). The molecule has 0 unspecified atom stereocenters. The van der Waals surface area contributed by atoms with E-state index in [1.54, 1.807) is 6.20 Å². The van der Waals surface area contributed by atoms with Crippen molar-refractivity contribution in [2.45, 2.75) is 19.1 Å². The molecule has 2 aromatic rings. The summed E-state index contributed by atoms with van der Waals surface area (Å²) in [6.07, 6.45) is 1.60. The highest BCUT2D eigenvalue weighted by Crippen LogP contribution is 2.41. The Bertz CT molecular complexity index is 907. The molecule has 2 saturated heterocycles. The molecule has 2 aliphatic heterocycles. The second-order valence-electron chi connectivity index (χ2n) is 7.50. The Morgan fingerprint density at radius 1 is 1.23 bits per heavy atom. The third-order valence-corrected chi connectivity index (χ3v) is 5.14. The Hall–Kier alpha value is -3.19. The van der Waals surface area contributed by atoms with Gasteiger partial charge in [0.1, 0.15) is 11.9 Å². The van der Waals surface area contributed by atoms with Crippen molar-refractivity contribution < 1.29 is 23.1 Å². The van der Waals surface area contributed by atoms with Crippen LogP contribution >= 0.6 is 0 Å². The number of carboxylic acid groups (broad SMARTS) is 1. The molecule has 2 aliphatic rings. The van der Waals surface area contributed by atoms with Crippen molar-refractivity contribution in [3.8, 4) is 6.07 Å². The zero-order chi connectivity index (χ0) is 21.8. The third kappa shape index (κ3) is 5.24. The lowest BCUT2D eigenvalue weighted by atomic mass is 9.79. The van der Waals surface area contributed by atoms with Gasteiger partial charge in [0.2, 0.25) is 0 Å². The summed E-state index contributed by atoms with van der Waals surface area (Å²) in [4.78, 5) is 22.3. The van der Waals surface area contributed by atoms with E-state index in [4.69, 9.17) is 15.2 Å². The highest BCUT2D eigenvalue weighted by atomic mass is 19.4. The summed E-state index contributed by atoms with van der Waals surface area (Å²) in [7, 11) is 0. The largest absolute Gasteiger partial charge is 0.490 e. The standard InChI is InChI=1S/C18H19N5.C2HF3O2/c19-8-15-3-4-17(21-10-15)23-13-18(14-23)5-7-22(12-18)11-16-2-1-6-20-9-16;3-2(4,5)1(6)7/h1-4,6,9-10H,5,7,11-14H2;(H,6,7). The third-order valence-electron chi connectivity index (χ3n) is 5.14. The van der Waals surface area contributed by atoms with Crippen molar-refractivity contribution in [2.75, 3.05) is 31.1 Å². The van der Waals surface area contributed by atoms with Crippen LogP contribution in [-0.4, -0.2) is 58.3 Å². The topological polar surface area (TPSA) is 93.4 Å². The molecule has 1 N–H and O–H groups in total. The maximum Gasteiger partial charge on any atom is 0.490 e. The van der Waals surface area contributed by atoms with Crippen LogP contribution in [0.1, 0.15) is 17.5 Å². The van der Waals surface area contributed by atoms with Crippen LogP contribution < -0.4 is 4.90 Å². The van der Waals surface area contributed by atoms with Gasteiger partial charge in [0.15, 0.2) is 0 Å². The summed E-state index contributed by atoms with van der Waals surface area (Å²) in [6.45, 7) is 5.42. The van der Waals surface area contributed by atoms with E-state index >= 15 is 0 Å². The smallest absolute Gasteiger partial charge is 0.475 e. The number of hydrogen-bond acceptors (Lipinski definition) is 6. The van der Waals surface area contributed by atoms with Crippen molar-refractivity contribution >= 4 is 11.8 Å². The fourth-order valence-corrected chi connectivity index (χ4v) is 3.74. The van der Waals surface area contributed by atoms with Gasteiger partial charge in [-0.15, -0.1) is 0 Å². The molecule has 1 spiro atoms. The van der Waals surface area contributed by atoms with Crippen molar-refractivity contribution in [3.05, 3.63) is 54.0 Å². The van der Waals surface area contributed by atoms with Crippen LogP contribution in [0.3, 0.4) is 0 Å². The van der Waals surface area contributed by atoms with Gasteiger partial charge in [0.25, 0.3) is 0 Å². The second-order valence-corrected chi connectivity index (χ2v) is 7.50. The Kier molecular flexibility index (Phi) is 6.22. The number of hydrogen-bond donors (Lipinski definition) is 1. The zero-order valence-electron chi connectivity index (χ0n) is 16.0. The van der Waals surface area contributed by atoms with E-state index in [9.17, 15) is 13.2 Å². The first-order valence-corrected chi connectivity index (χ1v) is 9.23. The summed E-state index contributed by atoms with van der Waals surface area (Å²) in [5, 5.41) is 16.0. The summed E-state index contributed by atoms with van der Waals surface area (Å²) in [5.41, 5.74) is 2.32. The van der Waals surface area contributed by atoms with Crippen LogP contribution in [0.2, 0.25) is 0 Å². The van der Waals surface area contributed by atoms with E-state index in [0.717, 1.165) is 38.5 Å². The first-order chi connectivity index (χ1) is 14.2. The number of nitrogens with zero attached hydrogens (tertiary/aromatic N) is 5. The normalized spacial score (nSPS) is 17.6. The number of anilines is 1. The summed E-state index contributed by atoms with van der Waals surface area (Å²) in [5.74, 6) is -1.77. The van der Waals surface area contributed by atoms with Gasteiger partial charge in [-0.3, -0.25) is 9.88 Å². The van der Waals surface area contributed by atoms with Crippen LogP contribution in [0.5, 0.6) is 0 Å². The quantitative estimate of drug-likeness (QED) is 0.818. The molecule has 2 fully saturated rings. The zero-order valence-corrected chi connectivity index (χ0v) is 16.0. The van der Waals surface area contributed by atoms with Gasteiger partial charge in [0, 0.05) is 50.2 Å². The molecule has 0 radical (unpaired) electrons. The Balaban J connectivity index is 0.000000318. The van der Waals surface area contributed by atoms with Crippen LogP contribution in [0.4, 0.5) is 19.0 Å². The maximum absolute atomic E-state index is 10.6. The number of halogens is 3. The van der Waals surface area contributed by atoms with E-state index in [2.05, 4.69) is 31.9 Å². The summed E-state index contributed by atoms with van der Waals surface area (Å²) in [6, 6.07) is 10.1. The molecule has 0 saturated carbocycles. The molecule has 158 valence electrons. The van der Waals surface area contributed by atoms with Crippen molar-refractivity contribution in [2.24, 2.45) is 5.41 Å². The Morgan fingerprint density at radius 2 is 1.97 bits per heavy atom. The molecule has 10 heteroatoms. The van der Waals surface area contributed by atoms with E-state index in [1.165, 1.54) is 12.0 Å². The number of alkyl halides is 3. The van der Waals surface area contributed by atoms with E-state index in [-0.39, 0.29) is 0 Å². The monoisotopic (exact) mass is 419 g/mol. The number of nitriles is 1. The Labute approximate surface area is 171 Å². The number of carbonyl (C=O) groups is 1. The maximum atomic E-state index is 10.6. The highest BCUT2D eigenvalue weighted by Gasteiger charge is 2.47. The summed E-state index contributed by atoms with van der Waals surface area (Å²) >= 11 is 0. The molecule has 0 aromatic carbocycles. The van der Waals surface area contributed by atoms with Crippen LogP contribution in [0.25, 0.3) is 0 Å². The van der Waals surface area contributed by atoms with Gasteiger partial charge in [-0.25, -0.2) is 9.78 Å². The lowest BCUT2D eigenvalue weighted by molar-refractivity contribution is -0.192. The molecule has 0 aliphatic carbocycles. The predicted octanol–water partition coefficient (Wildman–Crippen LogP) is 2.69. The number of aliphatic carboxylic acids is 1. The summed E-state index contributed by atoms with van der Waals surface area (Å²) < 4.78 is 31.7. The van der Waals surface area contributed by atoms with Crippen molar-refractivity contribution in [3.63, 3.8) is 0 Å². The molecular formula is C20H20F3N5O2. The molecule has 0 amide bonds. The number of pyridine rings is 2. The molecule has 0 bridgehead atoms. The lowest BCUT2D eigenvalue weighted by Crippen LogP contribution is -2.58. The fraction of sp³-hybridized carbons (Fsp3) is 0.400. The predicted molar refractivity (Wildman–Crippen MR) is 101 cm³/mol. The number of likely N-dealkylation sites (tertiary alicyclic amines) is 1. The molecule has 7 nitrogen and oxygen atoms in total. The number of aromatic nitrogens is 2. The SMILES string of the molecule is N#Cc1ccc(N2CC3(CCN(Cc4cccnc4)C3)C2)nc1.O=C(O)C(F)(F)F. The van der Waals surface area contributed by atoms with Crippen molar-refractivity contribution in [1.82, 2.24) is 14.9 Å². The van der Waals surface area contributed by atoms with Gasteiger partial charge in [-0.05, 0) is 36.7 Å². The average molecular weight is 419 g/mol. The van der Waals surface area contributed by atoms with Gasteiger partial charge in [0.05, 0.1) is 5.56 Å². The van der Waals surface area contributed by atoms with E-state index < -0.39 is 12.1 Å². The first-order valence-electron chi connectivity index (χ1n) is 9.23. The first kappa shape index (κ1) is 21.5. The molecular weight excluding hydrogens is 399 g/mol. The van der Waals surface area contributed by atoms with Gasteiger partial charge in [-0.1, -0.05) is 6.07 Å². The molecule has 4 heterocycles. The fourth-order valence-electron chi connectivity index (χ4n) is 3.74. The van der Waals surface area contributed by atoms with Crippen LogP contribution in [0.15, 0.2) is 42.9 Å². The molecule has 0 atom stereocenters. The number of carboxylic acids is 1. The van der Waals surface area contributed by atoms with Crippen LogP contribution in [0, 0.1) is 16.7 Å². The second kappa shape index (κ2) is 8.67. The Morgan fingerprint density at radius 3 is 2.50 bits per heavy atom. The molecule has 30 heavy (non-hydrogen) atoms. The van der Waals surface area contributed by atoms with Gasteiger partial charge in [-0.2, -0.15) is 18.4 Å². The van der Waals surface area contributed by atoms with Gasteiger partial charge < -0.3 is 10.0 Å². The molecule has 2 aromatic heterocycles. The van der Waals surface area contributed by atoms with Crippen molar-refractivity contribution in [1.29, 1.82) is 5.26 Å². The minimum absolute atomic E-state index is 0.414. The van der Waals surface area contributed by atoms with Gasteiger partial charge >= 0.3 is 12.1 Å². The minimum Gasteiger partial charge on any atom is -0.475 e. The van der Waals surface area contributed by atoms with E-state index in [1.807, 2.05) is 30.6 Å². The number of rotatable bonds is 3. The van der Waals surface area contributed by atoms with E-state index in [0.29, 0.717) is 11.0 Å². The highest BCUT2D eigenvalue weighted by molar-refractivity contribution is 5.73. The average Bonchev–Trinajstić information content (AvgIpc) is 3.12.